The van der Waals surface area contributed by atoms with Gasteiger partial charge in [0.1, 0.15) is 6.04 Å². The highest BCUT2D eigenvalue weighted by Gasteiger charge is 2.21. The quantitative estimate of drug-likeness (QED) is 0.531. The third-order valence-electron chi connectivity index (χ3n) is 2.11. The highest BCUT2D eigenvalue weighted by Crippen LogP contribution is 2.17. The van der Waals surface area contributed by atoms with Crippen molar-refractivity contribution in [2.24, 2.45) is 7.05 Å². The van der Waals surface area contributed by atoms with E-state index in [0.717, 1.165) is 0 Å². The molecule has 9 heteroatoms. The van der Waals surface area contributed by atoms with Crippen LogP contribution in [0, 0.1) is 0 Å². The Kier molecular flexibility index (Phi) is 4.95. The molecule has 1 aromatic rings. The second-order valence-electron chi connectivity index (χ2n) is 3.49. The summed E-state index contributed by atoms with van der Waals surface area (Å²) in [6, 6.07) is -0.726. The van der Waals surface area contributed by atoms with Crippen molar-refractivity contribution in [1.29, 1.82) is 0 Å². The third-order valence-corrected chi connectivity index (χ3v) is 3.22. The van der Waals surface area contributed by atoms with Gasteiger partial charge in [0.05, 0.1) is 7.11 Å². The van der Waals surface area contributed by atoms with E-state index >= 15 is 0 Å². The second kappa shape index (κ2) is 6.24. The van der Waals surface area contributed by atoms with E-state index in [4.69, 9.17) is 5.73 Å². The summed E-state index contributed by atoms with van der Waals surface area (Å²) in [4.78, 5) is 22.4. The van der Waals surface area contributed by atoms with Crippen LogP contribution in [-0.4, -0.2) is 45.5 Å². The summed E-state index contributed by atoms with van der Waals surface area (Å²) in [5.41, 5.74) is 5.53. The van der Waals surface area contributed by atoms with Crippen LogP contribution in [0.1, 0.15) is 6.92 Å². The van der Waals surface area contributed by atoms with Gasteiger partial charge in [0.25, 0.3) is 0 Å². The number of aromatic nitrogens is 3. The molecule has 0 saturated carbocycles. The van der Waals surface area contributed by atoms with Gasteiger partial charge in [0, 0.05) is 19.7 Å². The van der Waals surface area contributed by atoms with Gasteiger partial charge in [0.15, 0.2) is 5.16 Å². The van der Waals surface area contributed by atoms with Crippen molar-refractivity contribution >= 4 is 29.6 Å². The maximum absolute atomic E-state index is 11.4. The van der Waals surface area contributed by atoms with Gasteiger partial charge in [-0.3, -0.25) is 9.36 Å². The van der Waals surface area contributed by atoms with Crippen molar-refractivity contribution in [3.8, 4) is 0 Å². The molecular formula is C9H15N5O3S. The number of nitrogen functional groups attached to an aromatic ring is 1. The molecule has 1 unspecified atom stereocenters. The lowest BCUT2D eigenvalue weighted by Gasteiger charge is -2.14. The maximum Gasteiger partial charge on any atom is 0.329 e. The molecule has 18 heavy (non-hydrogen) atoms. The van der Waals surface area contributed by atoms with E-state index in [1.807, 2.05) is 0 Å². The summed E-state index contributed by atoms with van der Waals surface area (Å²) in [6.07, 6.45) is 0. The normalized spacial score (nSPS) is 11.9. The molecule has 3 N–H and O–H groups in total. The van der Waals surface area contributed by atoms with E-state index in [-0.39, 0.29) is 17.6 Å². The lowest BCUT2D eigenvalue weighted by molar-refractivity contribution is -0.144. The Labute approximate surface area is 108 Å². The number of ether oxygens (including phenoxy) is 1. The zero-order valence-corrected chi connectivity index (χ0v) is 11.2. The van der Waals surface area contributed by atoms with Gasteiger partial charge in [-0.2, -0.15) is 0 Å². The van der Waals surface area contributed by atoms with Crippen LogP contribution >= 0.6 is 11.8 Å². The lowest BCUT2D eigenvalue weighted by atomic mass is 10.3. The number of anilines is 1. The molecule has 0 bridgehead atoms. The fraction of sp³-hybridized carbons (Fsp3) is 0.556. The molecule has 1 atom stereocenters. The van der Waals surface area contributed by atoms with Gasteiger partial charge >= 0.3 is 5.97 Å². The Morgan fingerprint density at radius 2 is 2.22 bits per heavy atom. The fourth-order valence-corrected chi connectivity index (χ4v) is 2.09. The van der Waals surface area contributed by atoms with E-state index in [2.05, 4.69) is 20.3 Å². The van der Waals surface area contributed by atoms with Crippen LogP contribution in [0.15, 0.2) is 5.16 Å². The number of hydrogen-bond acceptors (Lipinski definition) is 7. The highest BCUT2D eigenvalue weighted by atomic mass is 32.2. The van der Waals surface area contributed by atoms with Gasteiger partial charge in [-0.15, -0.1) is 10.2 Å². The van der Waals surface area contributed by atoms with Crippen LogP contribution in [0.2, 0.25) is 0 Å². The Hall–Kier alpha value is -1.77. The Balaban J connectivity index is 2.64. The second-order valence-corrected chi connectivity index (χ2v) is 4.47. The number of rotatable bonds is 5. The summed E-state index contributed by atoms with van der Waals surface area (Å²) in [5, 5.41) is 10.6. The zero-order valence-electron chi connectivity index (χ0n) is 10.3. The summed E-state index contributed by atoms with van der Waals surface area (Å²) in [7, 11) is 2.98. The van der Waals surface area contributed by atoms with Gasteiger partial charge in [0.2, 0.25) is 11.9 Å². The number of amides is 1. The summed E-state index contributed by atoms with van der Waals surface area (Å²) >= 11 is 1.26. The number of esters is 1. The molecule has 100 valence electrons. The first-order valence-electron chi connectivity index (χ1n) is 5.08. The predicted molar refractivity (Wildman–Crippen MR) is 65.8 cm³/mol. The largest absolute Gasteiger partial charge is 0.467 e. The fourth-order valence-electron chi connectivity index (χ4n) is 1.17. The van der Waals surface area contributed by atoms with Crippen LogP contribution in [0.3, 0.4) is 0 Å². The number of thioether (sulfide) groups is 1. The molecule has 1 aromatic heterocycles. The molecule has 0 aliphatic carbocycles. The minimum atomic E-state index is -0.726. The predicted octanol–water partition coefficient (Wildman–Crippen LogP) is -0.833. The average molecular weight is 273 g/mol. The van der Waals surface area contributed by atoms with Gasteiger partial charge in [-0.25, -0.2) is 4.79 Å². The molecule has 1 amide bonds. The number of carbonyl (C=O) groups is 2. The first-order valence-corrected chi connectivity index (χ1v) is 6.06. The minimum absolute atomic E-state index is 0.284. The molecule has 1 heterocycles. The summed E-state index contributed by atoms with van der Waals surface area (Å²) in [5.74, 6) is -0.235. The van der Waals surface area contributed by atoms with E-state index in [1.54, 1.807) is 11.6 Å². The SMILES string of the molecule is COC(=O)C(CSc1nnc(N)n1C)NC(C)=O. The van der Waals surface area contributed by atoms with Crippen molar-refractivity contribution < 1.29 is 14.3 Å². The number of nitrogens with zero attached hydrogens (tertiary/aromatic N) is 3. The van der Waals surface area contributed by atoms with E-state index < -0.39 is 12.0 Å². The van der Waals surface area contributed by atoms with Crippen molar-refractivity contribution in [1.82, 2.24) is 20.1 Å². The van der Waals surface area contributed by atoms with Crippen molar-refractivity contribution in [3.05, 3.63) is 0 Å². The zero-order chi connectivity index (χ0) is 13.7. The van der Waals surface area contributed by atoms with Crippen molar-refractivity contribution in [3.63, 3.8) is 0 Å². The smallest absolute Gasteiger partial charge is 0.329 e. The van der Waals surface area contributed by atoms with Crippen LogP contribution in [0.5, 0.6) is 0 Å². The van der Waals surface area contributed by atoms with E-state index in [1.165, 1.54) is 25.8 Å². The molecule has 0 aliphatic rings. The van der Waals surface area contributed by atoms with Gasteiger partial charge < -0.3 is 15.8 Å². The van der Waals surface area contributed by atoms with Crippen LogP contribution in [0.4, 0.5) is 5.95 Å². The topological polar surface area (TPSA) is 112 Å². The molecule has 0 saturated heterocycles. The molecule has 0 aromatic carbocycles. The summed E-state index contributed by atoms with van der Waals surface area (Å²) < 4.78 is 6.19. The molecule has 0 spiro atoms. The highest BCUT2D eigenvalue weighted by molar-refractivity contribution is 7.99. The molecule has 1 rings (SSSR count). The van der Waals surface area contributed by atoms with Crippen LogP contribution < -0.4 is 11.1 Å². The van der Waals surface area contributed by atoms with Crippen molar-refractivity contribution in [2.45, 2.75) is 18.1 Å². The Morgan fingerprint density at radius 3 is 2.67 bits per heavy atom. The number of nitrogens with two attached hydrogens (primary N) is 1. The Morgan fingerprint density at radius 1 is 1.56 bits per heavy atom. The van der Waals surface area contributed by atoms with Crippen LogP contribution in [-0.2, 0) is 21.4 Å². The Bertz CT molecular complexity index is 447. The first kappa shape index (κ1) is 14.3. The number of methoxy groups -OCH3 is 1. The molecule has 0 aliphatic heterocycles. The van der Waals surface area contributed by atoms with Gasteiger partial charge in [-0.1, -0.05) is 11.8 Å². The number of nitrogens with one attached hydrogen (secondary N) is 1. The monoisotopic (exact) mass is 273 g/mol. The van der Waals surface area contributed by atoms with E-state index in [0.29, 0.717) is 5.16 Å². The summed E-state index contributed by atoms with van der Waals surface area (Å²) in [6.45, 7) is 1.33. The number of carbonyl (C=O) groups excluding carboxylic acids is 2. The molecule has 0 radical (unpaired) electrons. The molecule has 8 nitrogen and oxygen atoms in total. The standard InChI is InChI=1S/C9H15N5O3S/c1-5(15)11-6(7(16)17-3)4-18-9-13-12-8(10)14(9)2/h6H,4H2,1-3H3,(H2,10,12)(H,11,15). The average Bonchev–Trinajstić information content (AvgIpc) is 2.64. The van der Waals surface area contributed by atoms with Gasteiger partial charge in [-0.05, 0) is 0 Å². The first-order chi connectivity index (χ1) is 8.45. The van der Waals surface area contributed by atoms with Crippen molar-refractivity contribution in [2.75, 3.05) is 18.6 Å². The maximum atomic E-state index is 11.4. The number of hydrogen-bond donors (Lipinski definition) is 2. The molecular weight excluding hydrogens is 258 g/mol. The molecule has 0 fully saturated rings. The minimum Gasteiger partial charge on any atom is -0.467 e. The van der Waals surface area contributed by atoms with Crippen LogP contribution in [0.25, 0.3) is 0 Å². The third kappa shape index (κ3) is 3.62. The van der Waals surface area contributed by atoms with E-state index in [9.17, 15) is 9.59 Å². The lowest BCUT2D eigenvalue weighted by Crippen LogP contribution is -2.42.